The van der Waals surface area contributed by atoms with Crippen LogP contribution in [-0.2, 0) is 4.79 Å². The van der Waals surface area contributed by atoms with Crippen molar-refractivity contribution in [1.82, 2.24) is 15.2 Å². The lowest BCUT2D eigenvalue weighted by molar-refractivity contribution is -0.118. The molecule has 2 aliphatic carbocycles. The van der Waals surface area contributed by atoms with Crippen LogP contribution in [-0.4, -0.2) is 21.1 Å². The van der Waals surface area contributed by atoms with Crippen LogP contribution in [0.4, 0.5) is 5.95 Å². The first-order chi connectivity index (χ1) is 7.25. The van der Waals surface area contributed by atoms with E-state index in [1.54, 1.807) is 0 Å². The monoisotopic (exact) mass is 206 g/mol. The number of amides is 1. The summed E-state index contributed by atoms with van der Waals surface area (Å²) in [6.07, 6.45) is 3.73. The maximum Gasteiger partial charge on any atom is 0.248 e. The number of rotatable bonds is 2. The molecule has 0 aromatic carbocycles. The van der Waals surface area contributed by atoms with Crippen LogP contribution in [0.3, 0.4) is 0 Å². The molecule has 2 fully saturated rings. The average molecular weight is 206 g/mol. The van der Waals surface area contributed by atoms with Crippen molar-refractivity contribution in [2.24, 2.45) is 17.8 Å². The number of H-pyrrole nitrogens is 1. The van der Waals surface area contributed by atoms with E-state index in [1.807, 2.05) is 6.92 Å². The Labute approximate surface area is 87.7 Å². The van der Waals surface area contributed by atoms with E-state index < -0.39 is 0 Å². The minimum atomic E-state index is 0.101. The summed E-state index contributed by atoms with van der Waals surface area (Å²) in [6, 6.07) is 0. The van der Waals surface area contributed by atoms with Crippen molar-refractivity contribution < 1.29 is 4.79 Å². The first kappa shape index (κ1) is 8.88. The van der Waals surface area contributed by atoms with Gasteiger partial charge in [0, 0.05) is 5.92 Å². The Balaban J connectivity index is 1.63. The van der Waals surface area contributed by atoms with Gasteiger partial charge in [0.2, 0.25) is 11.9 Å². The number of hydrogen-bond acceptors (Lipinski definition) is 3. The predicted molar refractivity (Wildman–Crippen MR) is 54.1 cm³/mol. The maximum atomic E-state index is 11.8. The van der Waals surface area contributed by atoms with Gasteiger partial charge < -0.3 is 0 Å². The highest BCUT2D eigenvalue weighted by Gasteiger charge is 2.56. The number of anilines is 1. The summed E-state index contributed by atoms with van der Waals surface area (Å²) in [5.41, 5.74) is 0. The molecule has 2 aliphatic rings. The van der Waals surface area contributed by atoms with Gasteiger partial charge in [0.15, 0.2) is 0 Å². The van der Waals surface area contributed by atoms with Crippen LogP contribution in [0.1, 0.15) is 25.1 Å². The smallest absolute Gasteiger partial charge is 0.248 e. The van der Waals surface area contributed by atoms with Crippen LogP contribution in [0.2, 0.25) is 0 Å². The Morgan fingerprint density at radius 2 is 2.20 bits per heavy atom. The number of nitrogens with one attached hydrogen (secondary N) is 2. The van der Waals surface area contributed by atoms with Gasteiger partial charge in [-0.3, -0.25) is 15.2 Å². The molecule has 1 aromatic rings. The summed E-state index contributed by atoms with van der Waals surface area (Å²) < 4.78 is 0. The largest absolute Gasteiger partial charge is 0.293 e. The standard InChI is InChI=1S/C10H14N4O/c1-5-11-10(14-13-5)12-9(15)8-6-3-2-4-7(6)8/h6-8H,2-4H2,1H3,(H2,11,12,13,14,15). The van der Waals surface area contributed by atoms with Gasteiger partial charge in [-0.15, -0.1) is 5.10 Å². The molecule has 0 radical (unpaired) electrons. The number of fused-ring (bicyclic) bond motifs is 1. The van der Waals surface area contributed by atoms with Crippen molar-refractivity contribution in [2.45, 2.75) is 26.2 Å². The summed E-state index contributed by atoms with van der Waals surface area (Å²) in [5.74, 6) is 2.75. The van der Waals surface area contributed by atoms with Gasteiger partial charge in [0.1, 0.15) is 5.82 Å². The first-order valence-electron chi connectivity index (χ1n) is 5.45. The van der Waals surface area contributed by atoms with E-state index in [1.165, 1.54) is 19.3 Å². The molecule has 0 spiro atoms. The zero-order valence-electron chi connectivity index (χ0n) is 8.66. The molecular formula is C10H14N4O. The van der Waals surface area contributed by atoms with E-state index in [-0.39, 0.29) is 11.8 Å². The van der Waals surface area contributed by atoms with Crippen molar-refractivity contribution in [3.63, 3.8) is 0 Å². The number of hydrogen-bond donors (Lipinski definition) is 2. The van der Waals surface area contributed by atoms with Crippen molar-refractivity contribution in [2.75, 3.05) is 5.32 Å². The zero-order valence-corrected chi connectivity index (χ0v) is 8.66. The highest BCUT2D eigenvalue weighted by molar-refractivity contribution is 5.93. The van der Waals surface area contributed by atoms with Crippen LogP contribution in [0.15, 0.2) is 0 Å². The van der Waals surface area contributed by atoms with Crippen LogP contribution < -0.4 is 5.32 Å². The molecular weight excluding hydrogens is 192 g/mol. The highest BCUT2D eigenvalue weighted by atomic mass is 16.2. The van der Waals surface area contributed by atoms with Gasteiger partial charge in [-0.05, 0) is 31.6 Å². The molecule has 0 aliphatic heterocycles. The lowest BCUT2D eigenvalue weighted by Crippen LogP contribution is -2.17. The van der Waals surface area contributed by atoms with Gasteiger partial charge in [-0.2, -0.15) is 4.98 Å². The summed E-state index contributed by atoms with van der Waals surface area (Å²) >= 11 is 0. The highest BCUT2D eigenvalue weighted by Crippen LogP contribution is 2.57. The third-order valence-corrected chi connectivity index (χ3v) is 3.54. The SMILES string of the molecule is Cc1nc(NC(=O)C2C3CCCC32)n[nH]1. The number of aromatic nitrogens is 3. The van der Waals surface area contributed by atoms with Crippen LogP contribution >= 0.6 is 0 Å². The summed E-state index contributed by atoms with van der Waals surface area (Å²) in [6.45, 7) is 1.81. The Morgan fingerprint density at radius 3 is 2.80 bits per heavy atom. The van der Waals surface area contributed by atoms with E-state index in [2.05, 4.69) is 20.5 Å². The minimum Gasteiger partial charge on any atom is -0.293 e. The Bertz CT molecular complexity index is 390. The van der Waals surface area contributed by atoms with Gasteiger partial charge >= 0.3 is 0 Å². The minimum absolute atomic E-state index is 0.101. The number of aromatic amines is 1. The van der Waals surface area contributed by atoms with Gasteiger partial charge in [-0.1, -0.05) is 6.42 Å². The van der Waals surface area contributed by atoms with Crippen molar-refractivity contribution in [3.8, 4) is 0 Å². The Kier molecular flexibility index (Phi) is 1.81. The van der Waals surface area contributed by atoms with Gasteiger partial charge in [0.25, 0.3) is 0 Å². The average Bonchev–Trinajstić information content (AvgIpc) is 2.60. The molecule has 0 bridgehead atoms. The lowest BCUT2D eigenvalue weighted by Gasteiger charge is -2.01. The number of carbonyl (C=O) groups is 1. The van der Waals surface area contributed by atoms with E-state index >= 15 is 0 Å². The quantitative estimate of drug-likeness (QED) is 0.761. The number of nitrogens with zero attached hydrogens (tertiary/aromatic N) is 2. The summed E-state index contributed by atoms with van der Waals surface area (Å²) in [5, 5.41) is 9.36. The first-order valence-corrected chi connectivity index (χ1v) is 5.45. The molecule has 5 nitrogen and oxygen atoms in total. The maximum absolute atomic E-state index is 11.8. The second-order valence-corrected chi connectivity index (χ2v) is 4.52. The topological polar surface area (TPSA) is 70.7 Å². The predicted octanol–water partition coefficient (Wildman–Crippen LogP) is 1.10. The van der Waals surface area contributed by atoms with Crippen LogP contribution in [0.25, 0.3) is 0 Å². The molecule has 2 saturated carbocycles. The fraction of sp³-hybridized carbons (Fsp3) is 0.700. The molecule has 2 unspecified atom stereocenters. The molecule has 3 rings (SSSR count). The fourth-order valence-electron chi connectivity index (χ4n) is 2.80. The molecule has 1 amide bonds. The van der Waals surface area contributed by atoms with E-state index in [9.17, 15) is 4.79 Å². The molecule has 15 heavy (non-hydrogen) atoms. The summed E-state index contributed by atoms with van der Waals surface area (Å²) in [4.78, 5) is 15.8. The lowest BCUT2D eigenvalue weighted by atomic mass is 10.1. The second kappa shape index (κ2) is 3.05. The molecule has 0 saturated heterocycles. The Hall–Kier alpha value is -1.39. The van der Waals surface area contributed by atoms with Gasteiger partial charge in [-0.25, -0.2) is 0 Å². The van der Waals surface area contributed by atoms with Gasteiger partial charge in [0.05, 0.1) is 0 Å². The molecule has 1 heterocycles. The van der Waals surface area contributed by atoms with E-state index in [4.69, 9.17) is 0 Å². The van der Waals surface area contributed by atoms with Crippen LogP contribution in [0, 0.1) is 24.7 Å². The summed E-state index contributed by atoms with van der Waals surface area (Å²) in [7, 11) is 0. The third kappa shape index (κ3) is 1.42. The van der Waals surface area contributed by atoms with Crippen LogP contribution in [0.5, 0.6) is 0 Å². The van der Waals surface area contributed by atoms with Crippen molar-refractivity contribution >= 4 is 11.9 Å². The normalized spacial score (nSPS) is 32.5. The fourth-order valence-corrected chi connectivity index (χ4v) is 2.80. The Morgan fingerprint density at radius 1 is 1.47 bits per heavy atom. The molecule has 5 heteroatoms. The molecule has 80 valence electrons. The third-order valence-electron chi connectivity index (χ3n) is 3.54. The molecule has 2 N–H and O–H groups in total. The molecule has 1 aromatic heterocycles. The van der Waals surface area contributed by atoms with Crippen molar-refractivity contribution in [1.29, 1.82) is 0 Å². The van der Waals surface area contributed by atoms with Crippen molar-refractivity contribution in [3.05, 3.63) is 5.82 Å². The second-order valence-electron chi connectivity index (χ2n) is 4.52. The zero-order chi connectivity index (χ0) is 10.4. The molecule has 2 atom stereocenters. The van der Waals surface area contributed by atoms with E-state index in [0.717, 1.165) is 5.82 Å². The van der Waals surface area contributed by atoms with E-state index in [0.29, 0.717) is 17.8 Å². The number of carbonyl (C=O) groups excluding carboxylic acids is 1. The number of aryl methyl sites for hydroxylation is 1.